The molecule has 1 aliphatic carbocycles. The highest BCUT2D eigenvalue weighted by molar-refractivity contribution is 5.86. The summed E-state index contributed by atoms with van der Waals surface area (Å²) in [4.78, 5) is 26.3. The van der Waals surface area contributed by atoms with Gasteiger partial charge in [-0.05, 0) is 31.1 Å². The maximum absolute atomic E-state index is 12.8. The van der Waals surface area contributed by atoms with E-state index in [2.05, 4.69) is 13.8 Å². The molecule has 0 radical (unpaired) electrons. The van der Waals surface area contributed by atoms with Gasteiger partial charge in [0.2, 0.25) is 5.91 Å². The van der Waals surface area contributed by atoms with Crippen molar-refractivity contribution in [2.75, 3.05) is 13.7 Å². The molecule has 1 amide bonds. The number of esters is 1. The van der Waals surface area contributed by atoms with Crippen LogP contribution >= 0.6 is 0 Å². The molecule has 2 aliphatic rings. The van der Waals surface area contributed by atoms with Gasteiger partial charge in [0.1, 0.15) is 6.04 Å². The first-order valence-corrected chi connectivity index (χ1v) is 7.35. The summed E-state index contributed by atoms with van der Waals surface area (Å²) < 4.78 is 4.82. The Hall–Kier alpha value is -1.06. The van der Waals surface area contributed by atoms with Gasteiger partial charge in [-0.3, -0.25) is 4.79 Å². The number of methoxy groups -OCH3 is 1. The number of carbonyl (C=O) groups is 2. The predicted molar refractivity (Wildman–Crippen MR) is 72.5 cm³/mol. The molecule has 4 heteroatoms. The Morgan fingerprint density at radius 2 is 1.89 bits per heavy atom. The lowest BCUT2D eigenvalue weighted by Gasteiger charge is -2.40. The Kier molecular flexibility index (Phi) is 4.16. The minimum absolute atomic E-state index is 0.0542. The van der Waals surface area contributed by atoms with E-state index in [4.69, 9.17) is 4.74 Å². The van der Waals surface area contributed by atoms with Crippen LogP contribution in [0.25, 0.3) is 0 Å². The Morgan fingerprint density at radius 1 is 1.16 bits per heavy atom. The first kappa shape index (κ1) is 14.4. The molecular formula is C15H25NO3. The van der Waals surface area contributed by atoms with E-state index in [0.29, 0.717) is 6.54 Å². The molecular weight excluding hydrogens is 242 g/mol. The Balaban J connectivity index is 2.12. The number of amides is 1. The lowest BCUT2D eigenvalue weighted by atomic mass is 9.68. The average molecular weight is 267 g/mol. The van der Waals surface area contributed by atoms with Gasteiger partial charge in [-0.1, -0.05) is 26.7 Å². The normalized spacial score (nSPS) is 30.2. The Labute approximate surface area is 115 Å². The maximum Gasteiger partial charge on any atom is 0.328 e. The zero-order valence-electron chi connectivity index (χ0n) is 12.3. The van der Waals surface area contributed by atoms with Gasteiger partial charge in [-0.25, -0.2) is 4.79 Å². The fraction of sp³-hybridized carbons (Fsp3) is 0.867. The van der Waals surface area contributed by atoms with Gasteiger partial charge in [0.15, 0.2) is 0 Å². The van der Waals surface area contributed by atoms with E-state index in [1.165, 1.54) is 13.5 Å². The Morgan fingerprint density at radius 3 is 2.53 bits per heavy atom. The van der Waals surface area contributed by atoms with E-state index >= 15 is 0 Å². The third kappa shape index (κ3) is 2.77. The summed E-state index contributed by atoms with van der Waals surface area (Å²) in [5.41, 5.74) is 0.0542. The van der Waals surface area contributed by atoms with Crippen LogP contribution < -0.4 is 0 Å². The second-order valence-corrected chi connectivity index (χ2v) is 6.50. The molecule has 2 atom stereocenters. The number of nitrogens with zero attached hydrogens (tertiary/aromatic N) is 1. The van der Waals surface area contributed by atoms with Crippen LogP contribution in [0.4, 0.5) is 0 Å². The standard InChI is InChI=1S/C15H25NO3/c1-15(2)9-5-4-7-11(15)13(17)16-10-6-8-12(16)14(18)19-3/h11-12H,4-10H2,1-3H3. The van der Waals surface area contributed by atoms with Crippen molar-refractivity contribution in [1.29, 1.82) is 0 Å². The van der Waals surface area contributed by atoms with Gasteiger partial charge in [-0.15, -0.1) is 0 Å². The molecule has 4 nitrogen and oxygen atoms in total. The molecule has 2 rings (SSSR count). The minimum Gasteiger partial charge on any atom is -0.467 e. The zero-order chi connectivity index (χ0) is 14.0. The molecule has 1 aliphatic heterocycles. The van der Waals surface area contributed by atoms with E-state index in [1.807, 2.05) is 0 Å². The predicted octanol–water partition coefficient (Wildman–Crippen LogP) is 2.37. The second-order valence-electron chi connectivity index (χ2n) is 6.50. The Bertz CT molecular complexity index is 364. The monoisotopic (exact) mass is 267 g/mol. The second kappa shape index (κ2) is 5.51. The van der Waals surface area contributed by atoms with Crippen molar-refractivity contribution in [3.05, 3.63) is 0 Å². The van der Waals surface area contributed by atoms with Crippen molar-refractivity contribution in [2.45, 2.75) is 58.4 Å². The van der Waals surface area contributed by atoms with Crippen LogP contribution in [0.15, 0.2) is 0 Å². The number of hydrogen-bond acceptors (Lipinski definition) is 3. The van der Waals surface area contributed by atoms with E-state index in [1.54, 1.807) is 4.90 Å². The summed E-state index contributed by atoms with van der Waals surface area (Å²) in [5, 5.41) is 0. The summed E-state index contributed by atoms with van der Waals surface area (Å²) in [6.07, 6.45) is 6.02. The van der Waals surface area contributed by atoms with Crippen LogP contribution in [0, 0.1) is 11.3 Å². The number of rotatable bonds is 2. The quantitative estimate of drug-likeness (QED) is 0.722. The summed E-state index contributed by atoms with van der Waals surface area (Å²) in [7, 11) is 1.40. The van der Waals surface area contributed by atoms with Crippen molar-refractivity contribution >= 4 is 11.9 Å². The van der Waals surface area contributed by atoms with E-state index < -0.39 is 0 Å². The van der Waals surface area contributed by atoms with Crippen LogP contribution in [0.1, 0.15) is 52.4 Å². The van der Waals surface area contributed by atoms with Gasteiger partial charge < -0.3 is 9.64 Å². The van der Waals surface area contributed by atoms with Gasteiger partial charge in [0.25, 0.3) is 0 Å². The molecule has 0 aromatic carbocycles. The van der Waals surface area contributed by atoms with Crippen molar-refractivity contribution in [2.24, 2.45) is 11.3 Å². The molecule has 1 saturated carbocycles. The van der Waals surface area contributed by atoms with Crippen molar-refractivity contribution in [3.8, 4) is 0 Å². The third-order valence-electron chi connectivity index (χ3n) is 4.81. The van der Waals surface area contributed by atoms with Crippen LogP contribution in [-0.4, -0.2) is 36.5 Å². The first-order chi connectivity index (χ1) is 8.97. The fourth-order valence-corrected chi connectivity index (χ4v) is 3.56. The molecule has 2 fully saturated rings. The van der Waals surface area contributed by atoms with Crippen molar-refractivity contribution in [1.82, 2.24) is 4.90 Å². The fourth-order valence-electron chi connectivity index (χ4n) is 3.56. The van der Waals surface area contributed by atoms with Crippen LogP contribution in [-0.2, 0) is 14.3 Å². The molecule has 0 N–H and O–H groups in total. The van der Waals surface area contributed by atoms with E-state index in [0.717, 1.165) is 32.1 Å². The molecule has 0 aromatic rings. The molecule has 0 spiro atoms. The molecule has 2 unspecified atom stereocenters. The lowest BCUT2D eigenvalue weighted by Crippen LogP contribution is -2.48. The first-order valence-electron chi connectivity index (χ1n) is 7.35. The highest BCUT2D eigenvalue weighted by Crippen LogP contribution is 2.42. The number of likely N-dealkylation sites (tertiary alicyclic amines) is 1. The molecule has 0 aromatic heterocycles. The van der Waals surface area contributed by atoms with Crippen molar-refractivity contribution < 1.29 is 14.3 Å². The van der Waals surface area contributed by atoms with E-state index in [-0.39, 0.29) is 29.3 Å². The summed E-state index contributed by atoms with van der Waals surface area (Å²) >= 11 is 0. The lowest BCUT2D eigenvalue weighted by molar-refractivity contribution is -0.154. The van der Waals surface area contributed by atoms with Gasteiger partial charge in [0.05, 0.1) is 7.11 Å². The molecule has 1 heterocycles. The van der Waals surface area contributed by atoms with Gasteiger partial charge in [0, 0.05) is 12.5 Å². The maximum atomic E-state index is 12.8. The summed E-state index contributed by atoms with van der Waals surface area (Å²) in [6.45, 7) is 5.06. The summed E-state index contributed by atoms with van der Waals surface area (Å²) in [5.74, 6) is -0.0384. The van der Waals surface area contributed by atoms with Crippen molar-refractivity contribution in [3.63, 3.8) is 0 Å². The van der Waals surface area contributed by atoms with Crippen LogP contribution in [0.5, 0.6) is 0 Å². The van der Waals surface area contributed by atoms with Gasteiger partial charge in [-0.2, -0.15) is 0 Å². The summed E-state index contributed by atoms with van der Waals surface area (Å²) in [6, 6.07) is -0.352. The van der Waals surface area contributed by atoms with Gasteiger partial charge >= 0.3 is 5.97 Å². The number of hydrogen-bond donors (Lipinski definition) is 0. The van der Waals surface area contributed by atoms with E-state index in [9.17, 15) is 9.59 Å². The molecule has 1 saturated heterocycles. The average Bonchev–Trinajstić information content (AvgIpc) is 2.85. The highest BCUT2D eigenvalue weighted by atomic mass is 16.5. The minimum atomic E-state index is -0.352. The number of carbonyl (C=O) groups excluding carboxylic acids is 2. The largest absolute Gasteiger partial charge is 0.467 e. The smallest absolute Gasteiger partial charge is 0.328 e. The van der Waals surface area contributed by atoms with Crippen LogP contribution in [0.2, 0.25) is 0 Å². The molecule has 108 valence electrons. The zero-order valence-corrected chi connectivity index (χ0v) is 12.3. The topological polar surface area (TPSA) is 46.6 Å². The molecule has 0 bridgehead atoms. The third-order valence-corrected chi connectivity index (χ3v) is 4.81. The highest BCUT2D eigenvalue weighted by Gasteiger charge is 2.43. The number of ether oxygens (including phenoxy) is 1. The van der Waals surface area contributed by atoms with Crippen LogP contribution in [0.3, 0.4) is 0 Å². The molecule has 19 heavy (non-hydrogen) atoms. The SMILES string of the molecule is COC(=O)C1CCCN1C(=O)C1CCCCC1(C)C.